The van der Waals surface area contributed by atoms with Crippen molar-refractivity contribution in [2.75, 3.05) is 5.32 Å². The van der Waals surface area contributed by atoms with Gasteiger partial charge in [0.15, 0.2) is 5.65 Å². The number of carbonyl (C=O) groups is 2. The molecule has 7 heteroatoms. The zero-order valence-corrected chi connectivity index (χ0v) is 16.4. The molecule has 2 aromatic heterocycles. The predicted molar refractivity (Wildman–Crippen MR) is 108 cm³/mol. The van der Waals surface area contributed by atoms with E-state index in [9.17, 15) is 14.7 Å². The van der Waals surface area contributed by atoms with Gasteiger partial charge >= 0.3 is 5.97 Å². The van der Waals surface area contributed by atoms with Gasteiger partial charge in [-0.2, -0.15) is 5.10 Å². The van der Waals surface area contributed by atoms with Gasteiger partial charge in [-0.15, -0.1) is 0 Å². The normalized spacial score (nSPS) is 13.3. The molecule has 28 heavy (non-hydrogen) atoms. The van der Waals surface area contributed by atoms with Gasteiger partial charge in [0, 0.05) is 11.4 Å². The SMILES string of the molecule is CCC(C)n1ncc2c(C(=O)Nc3cccc(C(C)C(=O)O)c3)cc(C)nc21. The van der Waals surface area contributed by atoms with Crippen molar-refractivity contribution in [3.05, 3.63) is 53.3 Å². The quantitative estimate of drug-likeness (QED) is 0.669. The molecule has 2 N–H and O–H groups in total. The molecule has 146 valence electrons. The Balaban J connectivity index is 1.95. The molecule has 0 bridgehead atoms. The number of benzene rings is 1. The lowest BCUT2D eigenvalue weighted by atomic mass is 10.0. The topological polar surface area (TPSA) is 97.1 Å². The Kier molecular flexibility index (Phi) is 5.44. The summed E-state index contributed by atoms with van der Waals surface area (Å²) in [6, 6.07) is 8.81. The number of carboxylic acid groups (broad SMARTS) is 1. The van der Waals surface area contributed by atoms with Gasteiger partial charge in [0.25, 0.3) is 5.91 Å². The summed E-state index contributed by atoms with van der Waals surface area (Å²) in [5.74, 6) is -1.84. The molecular weight excluding hydrogens is 356 g/mol. The van der Waals surface area contributed by atoms with Gasteiger partial charge in [-0.3, -0.25) is 9.59 Å². The summed E-state index contributed by atoms with van der Waals surface area (Å²) in [5.41, 5.74) is 3.09. The summed E-state index contributed by atoms with van der Waals surface area (Å²) in [7, 11) is 0. The van der Waals surface area contributed by atoms with Crippen LogP contribution in [0, 0.1) is 6.92 Å². The average Bonchev–Trinajstić information content (AvgIpc) is 3.09. The van der Waals surface area contributed by atoms with Crippen LogP contribution in [0.25, 0.3) is 11.0 Å². The monoisotopic (exact) mass is 380 g/mol. The zero-order valence-electron chi connectivity index (χ0n) is 16.4. The van der Waals surface area contributed by atoms with Crippen LogP contribution in [0.5, 0.6) is 0 Å². The molecule has 0 spiro atoms. The van der Waals surface area contributed by atoms with Crippen LogP contribution in [0.2, 0.25) is 0 Å². The second-order valence-corrected chi connectivity index (χ2v) is 7.03. The molecule has 2 heterocycles. The molecule has 1 aromatic carbocycles. The van der Waals surface area contributed by atoms with E-state index in [4.69, 9.17) is 0 Å². The van der Waals surface area contributed by atoms with Crippen LogP contribution >= 0.6 is 0 Å². The molecule has 0 aliphatic heterocycles. The molecule has 3 aromatic rings. The first kappa shape index (κ1) is 19.5. The highest BCUT2D eigenvalue weighted by atomic mass is 16.4. The first-order chi connectivity index (χ1) is 13.3. The number of carbonyl (C=O) groups excluding carboxylic acids is 1. The van der Waals surface area contributed by atoms with E-state index in [1.807, 2.05) is 11.6 Å². The minimum atomic E-state index is -0.910. The Morgan fingerprint density at radius 3 is 2.68 bits per heavy atom. The second-order valence-electron chi connectivity index (χ2n) is 7.03. The molecule has 0 saturated carbocycles. The minimum absolute atomic E-state index is 0.178. The van der Waals surface area contributed by atoms with Crippen molar-refractivity contribution >= 4 is 28.6 Å². The third-order valence-corrected chi connectivity index (χ3v) is 4.96. The summed E-state index contributed by atoms with van der Waals surface area (Å²) < 4.78 is 1.84. The number of nitrogens with zero attached hydrogens (tertiary/aromatic N) is 3. The highest BCUT2D eigenvalue weighted by Crippen LogP contribution is 2.24. The number of hydrogen-bond donors (Lipinski definition) is 2. The van der Waals surface area contributed by atoms with Crippen LogP contribution in [0.15, 0.2) is 36.5 Å². The van der Waals surface area contributed by atoms with Gasteiger partial charge in [0.1, 0.15) is 0 Å². The van der Waals surface area contributed by atoms with E-state index < -0.39 is 11.9 Å². The zero-order chi connectivity index (χ0) is 20.4. The molecule has 3 rings (SSSR count). The summed E-state index contributed by atoms with van der Waals surface area (Å²) in [4.78, 5) is 28.7. The lowest BCUT2D eigenvalue weighted by Gasteiger charge is -2.12. The van der Waals surface area contributed by atoms with Crippen LogP contribution in [0.3, 0.4) is 0 Å². The highest BCUT2D eigenvalue weighted by Gasteiger charge is 2.19. The van der Waals surface area contributed by atoms with Crippen LogP contribution in [-0.4, -0.2) is 31.7 Å². The summed E-state index contributed by atoms with van der Waals surface area (Å²) >= 11 is 0. The summed E-state index contributed by atoms with van der Waals surface area (Å²) in [5, 5.41) is 17.2. The number of carboxylic acids is 1. The van der Waals surface area contributed by atoms with Crippen LogP contribution in [-0.2, 0) is 4.79 Å². The van der Waals surface area contributed by atoms with E-state index >= 15 is 0 Å². The maximum absolute atomic E-state index is 13.0. The minimum Gasteiger partial charge on any atom is -0.481 e. The third kappa shape index (κ3) is 3.74. The summed E-state index contributed by atoms with van der Waals surface area (Å²) in [6.45, 7) is 7.60. The third-order valence-electron chi connectivity index (χ3n) is 4.96. The van der Waals surface area contributed by atoms with E-state index in [0.717, 1.165) is 12.1 Å². The van der Waals surface area contributed by atoms with Gasteiger partial charge in [0.2, 0.25) is 0 Å². The van der Waals surface area contributed by atoms with E-state index in [1.165, 1.54) is 0 Å². The Bertz CT molecular complexity index is 1040. The maximum Gasteiger partial charge on any atom is 0.310 e. The van der Waals surface area contributed by atoms with Gasteiger partial charge < -0.3 is 10.4 Å². The van der Waals surface area contributed by atoms with Crippen LogP contribution in [0.4, 0.5) is 5.69 Å². The lowest BCUT2D eigenvalue weighted by Crippen LogP contribution is -2.14. The molecule has 7 nitrogen and oxygen atoms in total. The van der Waals surface area contributed by atoms with E-state index in [2.05, 4.69) is 29.2 Å². The number of aliphatic carboxylic acids is 1. The number of nitrogens with one attached hydrogen (secondary N) is 1. The Morgan fingerprint density at radius 1 is 1.25 bits per heavy atom. The molecule has 0 radical (unpaired) electrons. The summed E-state index contributed by atoms with van der Waals surface area (Å²) in [6.07, 6.45) is 2.58. The van der Waals surface area contributed by atoms with Crippen LogP contribution < -0.4 is 5.32 Å². The number of aromatic nitrogens is 3. The highest BCUT2D eigenvalue weighted by molar-refractivity contribution is 6.12. The molecule has 2 atom stereocenters. The van der Waals surface area contributed by atoms with Gasteiger partial charge in [-0.05, 0) is 51.0 Å². The largest absolute Gasteiger partial charge is 0.481 e. The second kappa shape index (κ2) is 7.80. The number of aryl methyl sites for hydroxylation is 1. The number of fused-ring (bicyclic) bond motifs is 1. The fourth-order valence-corrected chi connectivity index (χ4v) is 3.05. The molecule has 0 saturated heterocycles. The fourth-order valence-electron chi connectivity index (χ4n) is 3.05. The predicted octanol–water partition coefficient (Wildman–Crippen LogP) is 4.15. The van der Waals surface area contributed by atoms with Crippen molar-refractivity contribution in [3.8, 4) is 0 Å². The fraction of sp³-hybridized carbons (Fsp3) is 0.333. The molecule has 2 unspecified atom stereocenters. The van der Waals surface area contributed by atoms with E-state index in [1.54, 1.807) is 43.5 Å². The Hall–Kier alpha value is -3.22. The average molecular weight is 380 g/mol. The standard InChI is InChI=1S/C21H24N4O3/c1-5-13(3)25-19-18(11-22-25)17(9-12(2)23-19)20(26)24-16-8-6-7-15(10-16)14(4)21(27)28/h6-11,13-14H,5H2,1-4H3,(H,24,26)(H,27,28). The Morgan fingerprint density at radius 2 is 2.00 bits per heavy atom. The van der Waals surface area contributed by atoms with E-state index in [-0.39, 0.29) is 11.9 Å². The first-order valence-electron chi connectivity index (χ1n) is 9.30. The number of pyridine rings is 1. The number of amides is 1. The maximum atomic E-state index is 13.0. The van der Waals surface area contributed by atoms with Crippen molar-refractivity contribution < 1.29 is 14.7 Å². The van der Waals surface area contributed by atoms with Crippen molar-refractivity contribution in [2.45, 2.75) is 46.1 Å². The number of anilines is 1. The molecule has 0 fully saturated rings. The molecular formula is C21H24N4O3. The van der Waals surface area contributed by atoms with Crippen molar-refractivity contribution in [1.82, 2.24) is 14.8 Å². The molecule has 0 aliphatic rings. The van der Waals surface area contributed by atoms with Gasteiger partial charge in [-0.25, -0.2) is 9.67 Å². The smallest absolute Gasteiger partial charge is 0.310 e. The van der Waals surface area contributed by atoms with Crippen molar-refractivity contribution in [3.63, 3.8) is 0 Å². The van der Waals surface area contributed by atoms with E-state index in [0.29, 0.717) is 27.8 Å². The van der Waals surface area contributed by atoms with Crippen LogP contribution in [0.1, 0.15) is 60.8 Å². The first-order valence-corrected chi connectivity index (χ1v) is 9.30. The van der Waals surface area contributed by atoms with Gasteiger partial charge in [0.05, 0.1) is 29.1 Å². The van der Waals surface area contributed by atoms with Crippen molar-refractivity contribution in [2.24, 2.45) is 0 Å². The number of hydrogen-bond acceptors (Lipinski definition) is 4. The van der Waals surface area contributed by atoms with Gasteiger partial charge in [-0.1, -0.05) is 19.1 Å². The molecule has 0 aliphatic carbocycles. The lowest BCUT2D eigenvalue weighted by molar-refractivity contribution is -0.138. The molecule has 1 amide bonds. The number of rotatable bonds is 6. The Labute approximate surface area is 163 Å². The van der Waals surface area contributed by atoms with Crippen molar-refractivity contribution in [1.29, 1.82) is 0 Å².